The first-order valence-corrected chi connectivity index (χ1v) is 8.04. The Bertz CT molecular complexity index is 813. The van der Waals surface area contributed by atoms with Crippen molar-refractivity contribution in [2.24, 2.45) is 0 Å². The van der Waals surface area contributed by atoms with Gasteiger partial charge in [0.1, 0.15) is 5.69 Å². The second-order valence-electron chi connectivity index (χ2n) is 4.87. The van der Waals surface area contributed by atoms with Crippen LogP contribution in [0.15, 0.2) is 63.6 Å². The van der Waals surface area contributed by atoms with Gasteiger partial charge in [0.15, 0.2) is 5.78 Å². The minimum absolute atomic E-state index is 0.0260. The first-order valence-electron chi connectivity index (χ1n) is 6.87. The third kappa shape index (κ3) is 4.00. The Morgan fingerprint density at radius 2 is 1.83 bits per heavy atom. The number of rotatable bonds is 5. The van der Waals surface area contributed by atoms with E-state index in [1.807, 2.05) is 24.3 Å². The molecule has 0 bridgehead atoms. The van der Waals surface area contributed by atoms with Crippen LogP contribution < -0.4 is 5.32 Å². The monoisotopic (exact) mass is 390 g/mol. The highest BCUT2D eigenvalue weighted by Crippen LogP contribution is 2.23. The molecule has 1 aromatic heterocycles. The van der Waals surface area contributed by atoms with Gasteiger partial charge in [-0.1, -0.05) is 57.0 Å². The Kier molecular flexibility index (Phi) is 4.79. The molecule has 0 atom stereocenters. The number of hydrogen-bond donors (Lipinski definition) is 1. The molecule has 6 heteroatoms. The van der Waals surface area contributed by atoms with Crippen LogP contribution in [0.25, 0.3) is 11.3 Å². The Morgan fingerprint density at radius 1 is 1.13 bits per heavy atom. The topological polar surface area (TPSA) is 55.1 Å². The van der Waals surface area contributed by atoms with E-state index in [-0.39, 0.29) is 12.3 Å². The van der Waals surface area contributed by atoms with Gasteiger partial charge in [-0.15, -0.1) is 0 Å². The number of carbonyl (C=O) groups is 1. The van der Waals surface area contributed by atoms with Crippen molar-refractivity contribution in [3.63, 3.8) is 0 Å². The van der Waals surface area contributed by atoms with Crippen LogP contribution in [0.5, 0.6) is 0 Å². The smallest absolute Gasteiger partial charge is 0.225 e. The number of aromatic nitrogens is 1. The zero-order valence-corrected chi connectivity index (χ0v) is 14.3. The van der Waals surface area contributed by atoms with Crippen LogP contribution in [0.3, 0.4) is 0 Å². The number of halogens is 2. The van der Waals surface area contributed by atoms with Crippen molar-refractivity contribution in [2.45, 2.75) is 0 Å². The third-order valence-electron chi connectivity index (χ3n) is 3.24. The van der Waals surface area contributed by atoms with E-state index in [0.29, 0.717) is 22.2 Å². The Balaban J connectivity index is 1.64. The standard InChI is InChI=1S/C17H12BrClN2O2/c18-13-5-1-12(2-6-13)16(22)10-20-17-9-15(21-23-17)11-3-7-14(19)8-4-11/h1-9,20H,10H2. The normalized spacial score (nSPS) is 10.5. The summed E-state index contributed by atoms with van der Waals surface area (Å²) in [5.74, 6) is 0.419. The maximum atomic E-state index is 12.1. The summed E-state index contributed by atoms with van der Waals surface area (Å²) in [4.78, 5) is 12.1. The molecule has 23 heavy (non-hydrogen) atoms. The highest BCUT2D eigenvalue weighted by atomic mass is 79.9. The maximum absolute atomic E-state index is 12.1. The lowest BCUT2D eigenvalue weighted by Crippen LogP contribution is -2.13. The fourth-order valence-corrected chi connectivity index (χ4v) is 2.41. The molecule has 0 fully saturated rings. The molecular formula is C17H12BrClN2O2. The molecule has 0 aliphatic heterocycles. The van der Waals surface area contributed by atoms with E-state index in [2.05, 4.69) is 26.4 Å². The minimum atomic E-state index is -0.0260. The lowest BCUT2D eigenvalue weighted by atomic mass is 10.1. The minimum Gasteiger partial charge on any atom is -0.347 e. The predicted octanol–water partition coefficient (Wildman–Crippen LogP) is 5.05. The van der Waals surface area contributed by atoms with Crippen molar-refractivity contribution >= 4 is 39.2 Å². The Hall–Kier alpha value is -2.11. The van der Waals surface area contributed by atoms with Gasteiger partial charge in [0.2, 0.25) is 5.88 Å². The molecule has 0 saturated heterocycles. The summed E-state index contributed by atoms with van der Waals surface area (Å²) in [5, 5.41) is 7.59. The Morgan fingerprint density at radius 3 is 2.52 bits per heavy atom. The van der Waals surface area contributed by atoms with E-state index >= 15 is 0 Å². The molecule has 1 N–H and O–H groups in total. The van der Waals surface area contributed by atoms with Crippen LogP contribution in [-0.4, -0.2) is 17.5 Å². The van der Waals surface area contributed by atoms with E-state index in [4.69, 9.17) is 16.1 Å². The van der Waals surface area contributed by atoms with E-state index in [1.165, 1.54) is 0 Å². The van der Waals surface area contributed by atoms with Gasteiger partial charge in [-0.25, -0.2) is 0 Å². The van der Waals surface area contributed by atoms with Gasteiger partial charge < -0.3 is 9.84 Å². The second-order valence-corrected chi connectivity index (χ2v) is 6.22. The average molecular weight is 392 g/mol. The SMILES string of the molecule is O=C(CNc1cc(-c2ccc(Cl)cc2)no1)c1ccc(Br)cc1. The summed E-state index contributed by atoms with van der Waals surface area (Å²) in [7, 11) is 0. The summed E-state index contributed by atoms with van der Waals surface area (Å²) in [6, 6.07) is 16.2. The number of Topliss-reactive ketones (excluding diaryl/α,β-unsaturated/α-hetero) is 1. The van der Waals surface area contributed by atoms with Gasteiger partial charge in [-0.3, -0.25) is 4.79 Å². The molecule has 2 aromatic carbocycles. The number of anilines is 1. The number of nitrogens with one attached hydrogen (secondary N) is 1. The van der Waals surface area contributed by atoms with Crippen molar-refractivity contribution < 1.29 is 9.32 Å². The van der Waals surface area contributed by atoms with Crippen molar-refractivity contribution in [2.75, 3.05) is 11.9 Å². The molecule has 0 saturated carbocycles. The summed E-state index contributed by atoms with van der Waals surface area (Å²) in [6.07, 6.45) is 0. The lowest BCUT2D eigenvalue weighted by Gasteiger charge is -2.02. The lowest BCUT2D eigenvalue weighted by molar-refractivity contribution is 0.101. The zero-order valence-electron chi connectivity index (χ0n) is 11.9. The summed E-state index contributed by atoms with van der Waals surface area (Å²) < 4.78 is 6.14. The zero-order chi connectivity index (χ0) is 16.2. The van der Waals surface area contributed by atoms with E-state index in [0.717, 1.165) is 10.0 Å². The molecule has 3 aromatic rings. The van der Waals surface area contributed by atoms with Crippen molar-refractivity contribution in [3.8, 4) is 11.3 Å². The molecule has 3 rings (SSSR count). The van der Waals surface area contributed by atoms with E-state index in [9.17, 15) is 4.79 Å². The van der Waals surface area contributed by atoms with Crippen LogP contribution in [0.2, 0.25) is 5.02 Å². The van der Waals surface area contributed by atoms with E-state index in [1.54, 1.807) is 30.3 Å². The highest BCUT2D eigenvalue weighted by Gasteiger charge is 2.09. The molecule has 4 nitrogen and oxygen atoms in total. The maximum Gasteiger partial charge on any atom is 0.225 e. The van der Waals surface area contributed by atoms with Crippen LogP contribution in [0.4, 0.5) is 5.88 Å². The molecule has 116 valence electrons. The largest absolute Gasteiger partial charge is 0.347 e. The molecule has 0 radical (unpaired) electrons. The number of carbonyl (C=O) groups excluding carboxylic acids is 1. The van der Waals surface area contributed by atoms with Gasteiger partial charge >= 0.3 is 0 Å². The number of ketones is 1. The molecule has 0 unspecified atom stereocenters. The van der Waals surface area contributed by atoms with Crippen molar-refractivity contribution in [3.05, 3.63) is 69.7 Å². The quantitative estimate of drug-likeness (QED) is 0.618. The number of nitrogens with zero attached hydrogens (tertiary/aromatic N) is 1. The third-order valence-corrected chi connectivity index (χ3v) is 4.02. The van der Waals surface area contributed by atoms with Crippen molar-refractivity contribution in [1.82, 2.24) is 5.16 Å². The number of hydrogen-bond acceptors (Lipinski definition) is 4. The summed E-state index contributed by atoms with van der Waals surface area (Å²) in [5.41, 5.74) is 2.21. The van der Waals surface area contributed by atoms with Gasteiger partial charge in [-0.05, 0) is 24.3 Å². The summed E-state index contributed by atoms with van der Waals surface area (Å²) in [6.45, 7) is 0.136. The first-order chi connectivity index (χ1) is 11.1. The molecule has 0 aliphatic carbocycles. The van der Waals surface area contributed by atoms with Crippen LogP contribution in [0.1, 0.15) is 10.4 Å². The summed E-state index contributed by atoms with van der Waals surface area (Å²) >= 11 is 9.20. The second kappa shape index (κ2) is 6.98. The van der Waals surface area contributed by atoms with E-state index < -0.39 is 0 Å². The molecule has 1 heterocycles. The highest BCUT2D eigenvalue weighted by molar-refractivity contribution is 9.10. The predicted molar refractivity (Wildman–Crippen MR) is 93.9 cm³/mol. The fraction of sp³-hybridized carbons (Fsp3) is 0.0588. The van der Waals surface area contributed by atoms with Crippen molar-refractivity contribution in [1.29, 1.82) is 0 Å². The van der Waals surface area contributed by atoms with Gasteiger partial charge in [-0.2, -0.15) is 0 Å². The van der Waals surface area contributed by atoms with Crippen LogP contribution in [-0.2, 0) is 0 Å². The van der Waals surface area contributed by atoms with Crippen LogP contribution >= 0.6 is 27.5 Å². The Labute approximate surface area is 146 Å². The molecule has 0 amide bonds. The fourth-order valence-electron chi connectivity index (χ4n) is 2.02. The average Bonchev–Trinajstić information content (AvgIpc) is 3.03. The van der Waals surface area contributed by atoms with Crippen LogP contribution in [0, 0.1) is 0 Å². The molecule has 0 aliphatic rings. The van der Waals surface area contributed by atoms with Gasteiger partial charge in [0, 0.05) is 26.7 Å². The molecular weight excluding hydrogens is 380 g/mol. The number of benzene rings is 2. The van der Waals surface area contributed by atoms with Gasteiger partial charge in [0.25, 0.3) is 0 Å². The first kappa shape index (κ1) is 15.8. The van der Waals surface area contributed by atoms with Gasteiger partial charge in [0.05, 0.1) is 6.54 Å². The molecule has 0 spiro atoms.